The number of rotatable bonds is 5. The van der Waals surface area contributed by atoms with Gasteiger partial charge in [-0.05, 0) is 62.4 Å². The molecule has 1 unspecified atom stereocenters. The number of hydrogen-bond acceptors (Lipinski definition) is 4. The minimum Gasteiger partial charge on any atom is -0.465 e. The van der Waals surface area contributed by atoms with Crippen LogP contribution in [0.15, 0.2) is 72.8 Å². The molecular formula is C27H24N2O4. The maximum absolute atomic E-state index is 12.6. The lowest BCUT2D eigenvalue weighted by Gasteiger charge is -2.14. The number of amides is 2. The Kier molecular flexibility index (Phi) is 7.61. The van der Waals surface area contributed by atoms with E-state index in [9.17, 15) is 14.4 Å². The number of aryl methyl sites for hydroxylation is 1. The predicted molar refractivity (Wildman–Crippen MR) is 127 cm³/mol. The van der Waals surface area contributed by atoms with Crippen molar-refractivity contribution < 1.29 is 19.1 Å². The number of carbonyl (C=O) groups excluding carboxylic acids is 3. The van der Waals surface area contributed by atoms with Gasteiger partial charge in [0.25, 0.3) is 5.91 Å². The van der Waals surface area contributed by atoms with Crippen LogP contribution in [0.3, 0.4) is 0 Å². The van der Waals surface area contributed by atoms with E-state index in [1.165, 1.54) is 7.11 Å². The number of nitrogens with one attached hydrogen (secondary N) is 2. The molecule has 33 heavy (non-hydrogen) atoms. The molecule has 0 aliphatic rings. The Balaban J connectivity index is 1.65. The zero-order chi connectivity index (χ0) is 23.8. The first-order valence-electron chi connectivity index (χ1n) is 10.3. The summed E-state index contributed by atoms with van der Waals surface area (Å²) in [5.74, 6) is 4.95. The van der Waals surface area contributed by atoms with Gasteiger partial charge in [0.15, 0.2) is 0 Å². The number of anilines is 1. The summed E-state index contributed by atoms with van der Waals surface area (Å²) in [6.45, 7) is 3.53. The van der Waals surface area contributed by atoms with Crippen LogP contribution in [0.25, 0.3) is 0 Å². The molecule has 0 radical (unpaired) electrons. The molecule has 0 fully saturated rings. The van der Waals surface area contributed by atoms with Crippen LogP contribution in [0, 0.1) is 18.8 Å². The van der Waals surface area contributed by atoms with Gasteiger partial charge in [-0.2, -0.15) is 0 Å². The fourth-order valence-corrected chi connectivity index (χ4v) is 3.04. The lowest BCUT2D eigenvalue weighted by atomic mass is 10.1. The molecular weight excluding hydrogens is 416 g/mol. The topological polar surface area (TPSA) is 84.5 Å². The van der Waals surface area contributed by atoms with Gasteiger partial charge in [-0.25, -0.2) is 4.79 Å². The van der Waals surface area contributed by atoms with Crippen LogP contribution in [0.2, 0.25) is 0 Å². The fourth-order valence-electron chi connectivity index (χ4n) is 3.04. The van der Waals surface area contributed by atoms with Gasteiger partial charge in [-0.1, -0.05) is 41.7 Å². The molecule has 1 atom stereocenters. The van der Waals surface area contributed by atoms with Gasteiger partial charge in [0.05, 0.1) is 12.7 Å². The highest BCUT2D eigenvalue weighted by atomic mass is 16.5. The highest BCUT2D eigenvalue weighted by Gasteiger charge is 2.17. The summed E-state index contributed by atoms with van der Waals surface area (Å²) in [5, 5.41) is 5.50. The van der Waals surface area contributed by atoms with E-state index in [0.29, 0.717) is 27.9 Å². The third kappa shape index (κ3) is 6.55. The molecule has 6 heteroatoms. The molecule has 0 spiro atoms. The number of benzene rings is 3. The molecule has 166 valence electrons. The van der Waals surface area contributed by atoms with Crippen molar-refractivity contribution >= 4 is 23.5 Å². The summed E-state index contributed by atoms with van der Waals surface area (Å²) in [6, 6.07) is 20.4. The molecule has 6 nitrogen and oxygen atoms in total. The molecule has 0 heterocycles. The van der Waals surface area contributed by atoms with E-state index in [4.69, 9.17) is 4.74 Å². The van der Waals surface area contributed by atoms with Crippen LogP contribution in [-0.4, -0.2) is 30.9 Å². The van der Waals surface area contributed by atoms with Crippen molar-refractivity contribution in [2.24, 2.45) is 0 Å². The summed E-state index contributed by atoms with van der Waals surface area (Å²) in [6.07, 6.45) is 0. The number of ether oxygens (including phenoxy) is 1. The van der Waals surface area contributed by atoms with Crippen molar-refractivity contribution in [2.45, 2.75) is 19.9 Å². The van der Waals surface area contributed by atoms with Crippen molar-refractivity contribution in [2.75, 3.05) is 12.4 Å². The normalized spacial score (nSPS) is 10.9. The van der Waals surface area contributed by atoms with E-state index in [0.717, 1.165) is 5.56 Å². The maximum Gasteiger partial charge on any atom is 0.337 e. The first-order valence-corrected chi connectivity index (χ1v) is 10.3. The van der Waals surface area contributed by atoms with Gasteiger partial charge in [-0.3, -0.25) is 9.59 Å². The minimum atomic E-state index is -0.728. The monoisotopic (exact) mass is 440 g/mol. The molecule has 0 aliphatic carbocycles. The molecule has 3 rings (SSSR count). The van der Waals surface area contributed by atoms with Gasteiger partial charge < -0.3 is 15.4 Å². The Morgan fingerprint density at radius 3 is 2.18 bits per heavy atom. The Labute approximate surface area is 193 Å². The van der Waals surface area contributed by atoms with Crippen LogP contribution in [0.4, 0.5) is 5.69 Å². The average molecular weight is 440 g/mol. The first-order chi connectivity index (χ1) is 15.9. The molecule has 2 N–H and O–H groups in total. The first kappa shape index (κ1) is 23.3. The largest absolute Gasteiger partial charge is 0.465 e. The Hall–Kier alpha value is -4.37. The number of carbonyl (C=O) groups is 3. The molecule has 2 amide bonds. The fraction of sp³-hybridized carbons (Fsp3) is 0.148. The van der Waals surface area contributed by atoms with Crippen molar-refractivity contribution in [1.82, 2.24) is 5.32 Å². The highest BCUT2D eigenvalue weighted by molar-refractivity contribution is 6.01. The van der Waals surface area contributed by atoms with Crippen LogP contribution >= 0.6 is 0 Å². The van der Waals surface area contributed by atoms with E-state index >= 15 is 0 Å². The van der Waals surface area contributed by atoms with E-state index < -0.39 is 12.0 Å². The lowest BCUT2D eigenvalue weighted by Crippen LogP contribution is -2.41. The quantitative estimate of drug-likeness (QED) is 0.465. The van der Waals surface area contributed by atoms with E-state index in [-0.39, 0.29) is 11.8 Å². The molecule has 0 aliphatic heterocycles. The Morgan fingerprint density at radius 2 is 1.48 bits per heavy atom. The third-order valence-electron chi connectivity index (χ3n) is 4.79. The van der Waals surface area contributed by atoms with Gasteiger partial charge >= 0.3 is 5.97 Å². The van der Waals surface area contributed by atoms with E-state index in [1.54, 1.807) is 67.6 Å². The zero-order valence-corrected chi connectivity index (χ0v) is 18.6. The number of methoxy groups -OCH3 is 1. The SMILES string of the molecule is COC(=O)c1cccc(C#Cc2cccc(NC(=O)C(C)NC(=O)c3cccc(C)c3)c2)c1. The highest BCUT2D eigenvalue weighted by Crippen LogP contribution is 2.12. The van der Waals surface area contributed by atoms with Gasteiger partial charge in [0.1, 0.15) is 6.04 Å². The molecule has 3 aromatic carbocycles. The Morgan fingerprint density at radius 1 is 0.848 bits per heavy atom. The molecule has 0 saturated heterocycles. The predicted octanol–water partition coefficient (Wildman–Crippen LogP) is 3.94. The van der Waals surface area contributed by atoms with Crippen LogP contribution < -0.4 is 10.6 Å². The molecule has 0 bridgehead atoms. The van der Waals surface area contributed by atoms with E-state index in [1.807, 2.05) is 19.1 Å². The van der Waals surface area contributed by atoms with Crippen LogP contribution in [0.1, 0.15) is 44.3 Å². The third-order valence-corrected chi connectivity index (χ3v) is 4.79. The number of hydrogen-bond donors (Lipinski definition) is 2. The van der Waals surface area contributed by atoms with Crippen LogP contribution in [-0.2, 0) is 9.53 Å². The van der Waals surface area contributed by atoms with E-state index in [2.05, 4.69) is 22.5 Å². The van der Waals surface area contributed by atoms with Crippen molar-refractivity contribution in [3.63, 3.8) is 0 Å². The second-order valence-electron chi connectivity index (χ2n) is 7.46. The summed E-state index contributed by atoms with van der Waals surface area (Å²) in [5.41, 5.74) is 3.81. The van der Waals surface area contributed by atoms with Crippen molar-refractivity contribution in [3.8, 4) is 11.8 Å². The molecule has 3 aromatic rings. The van der Waals surface area contributed by atoms with Gasteiger partial charge in [0, 0.05) is 22.4 Å². The second kappa shape index (κ2) is 10.8. The minimum absolute atomic E-state index is 0.310. The van der Waals surface area contributed by atoms with Crippen LogP contribution in [0.5, 0.6) is 0 Å². The second-order valence-corrected chi connectivity index (χ2v) is 7.46. The Bertz CT molecular complexity index is 1250. The lowest BCUT2D eigenvalue weighted by molar-refractivity contribution is -0.117. The van der Waals surface area contributed by atoms with Crippen molar-refractivity contribution in [3.05, 3.63) is 101 Å². The van der Waals surface area contributed by atoms with Gasteiger partial charge in [-0.15, -0.1) is 0 Å². The summed E-state index contributed by atoms with van der Waals surface area (Å²) >= 11 is 0. The molecule has 0 saturated carbocycles. The number of esters is 1. The molecule has 0 aromatic heterocycles. The average Bonchev–Trinajstić information content (AvgIpc) is 2.82. The van der Waals surface area contributed by atoms with Crippen molar-refractivity contribution in [1.29, 1.82) is 0 Å². The summed E-state index contributed by atoms with van der Waals surface area (Å²) < 4.78 is 4.73. The van der Waals surface area contributed by atoms with Gasteiger partial charge in [0.2, 0.25) is 5.91 Å². The summed E-state index contributed by atoms with van der Waals surface area (Å²) in [4.78, 5) is 36.6. The smallest absolute Gasteiger partial charge is 0.337 e. The maximum atomic E-state index is 12.6. The standard InChI is InChI=1S/C27H24N2O4/c1-18-7-4-10-22(15-18)26(31)28-19(2)25(30)29-24-12-6-9-21(17-24)14-13-20-8-5-11-23(16-20)27(32)33-3/h4-12,15-17,19H,1-3H3,(H,28,31)(H,29,30). The zero-order valence-electron chi connectivity index (χ0n) is 18.6. The summed E-state index contributed by atoms with van der Waals surface area (Å²) in [7, 11) is 1.33.